The number of imidazole rings is 1. The van der Waals surface area contributed by atoms with Gasteiger partial charge in [-0.3, -0.25) is 14.5 Å². The molecule has 0 bridgehead atoms. The van der Waals surface area contributed by atoms with Gasteiger partial charge in [-0.25, -0.2) is 4.98 Å². The van der Waals surface area contributed by atoms with Gasteiger partial charge < -0.3 is 15.2 Å². The Labute approximate surface area is 157 Å². The summed E-state index contributed by atoms with van der Waals surface area (Å²) in [6, 6.07) is 8.07. The van der Waals surface area contributed by atoms with E-state index in [0.29, 0.717) is 13.0 Å². The quantitative estimate of drug-likeness (QED) is 0.861. The van der Waals surface area contributed by atoms with Crippen LogP contribution in [0.3, 0.4) is 0 Å². The van der Waals surface area contributed by atoms with E-state index in [9.17, 15) is 9.59 Å². The molecule has 0 unspecified atom stereocenters. The monoisotopic (exact) mass is 365 g/mol. The molecule has 140 valence electrons. The summed E-state index contributed by atoms with van der Waals surface area (Å²) in [5.41, 5.74) is 0.886. The lowest BCUT2D eigenvalue weighted by atomic mass is 9.78. The normalized spacial score (nSPS) is 29.0. The molecule has 3 aliphatic rings. The van der Waals surface area contributed by atoms with E-state index in [0.717, 1.165) is 36.5 Å². The van der Waals surface area contributed by atoms with Crippen molar-refractivity contribution in [2.75, 3.05) is 11.9 Å². The van der Waals surface area contributed by atoms with Crippen LogP contribution in [0.5, 0.6) is 0 Å². The van der Waals surface area contributed by atoms with Gasteiger partial charge in [0.1, 0.15) is 11.4 Å². The van der Waals surface area contributed by atoms with Crippen molar-refractivity contribution in [3.8, 4) is 0 Å². The van der Waals surface area contributed by atoms with E-state index >= 15 is 0 Å². The van der Waals surface area contributed by atoms with Gasteiger partial charge in [0, 0.05) is 36.7 Å². The van der Waals surface area contributed by atoms with E-state index in [1.54, 1.807) is 6.20 Å². The summed E-state index contributed by atoms with van der Waals surface area (Å²) in [5, 5.41) is 6.06. The Bertz CT molecular complexity index is 923. The molecule has 4 heterocycles. The molecule has 1 aromatic heterocycles. The van der Waals surface area contributed by atoms with Gasteiger partial charge in [0.2, 0.25) is 11.8 Å². The molecular weight excluding hydrogens is 342 g/mol. The number of anilines is 1. The Morgan fingerprint density at radius 1 is 1.41 bits per heavy atom. The summed E-state index contributed by atoms with van der Waals surface area (Å²) in [5.74, 6) is 0.267. The van der Waals surface area contributed by atoms with Crippen molar-refractivity contribution in [3.05, 3.63) is 48.0 Å². The zero-order valence-corrected chi connectivity index (χ0v) is 15.3. The molecule has 0 aliphatic carbocycles. The Hall–Kier alpha value is -2.67. The third-order valence-corrected chi connectivity index (χ3v) is 6.43. The van der Waals surface area contributed by atoms with Crippen LogP contribution in [-0.4, -0.2) is 38.9 Å². The first-order valence-electron chi connectivity index (χ1n) is 9.54. The van der Waals surface area contributed by atoms with Crippen LogP contribution < -0.4 is 10.6 Å². The van der Waals surface area contributed by atoms with Gasteiger partial charge in [-0.2, -0.15) is 0 Å². The first-order chi connectivity index (χ1) is 13.1. The highest BCUT2D eigenvalue weighted by atomic mass is 16.2. The molecule has 5 rings (SSSR count). The molecule has 2 amide bonds. The van der Waals surface area contributed by atoms with E-state index in [4.69, 9.17) is 0 Å². The molecular formula is C20H23N5O2. The van der Waals surface area contributed by atoms with E-state index < -0.39 is 11.5 Å². The lowest BCUT2D eigenvalue weighted by Crippen LogP contribution is -2.54. The minimum absolute atomic E-state index is 0.0646. The highest BCUT2D eigenvalue weighted by molar-refractivity contribution is 6.09. The Kier molecular flexibility index (Phi) is 3.62. The molecule has 1 aromatic carbocycles. The van der Waals surface area contributed by atoms with Crippen molar-refractivity contribution in [2.24, 2.45) is 13.0 Å². The summed E-state index contributed by atoms with van der Waals surface area (Å²) in [4.78, 5) is 33.0. The summed E-state index contributed by atoms with van der Waals surface area (Å²) in [6.45, 7) is 1.22. The van der Waals surface area contributed by atoms with Gasteiger partial charge in [-0.1, -0.05) is 18.2 Å². The van der Waals surface area contributed by atoms with E-state index in [1.807, 2.05) is 42.1 Å². The van der Waals surface area contributed by atoms with Gasteiger partial charge in [-0.05, 0) is 31.9 Å². The number of benzene rings is 1. The molecule has 7 heteroatoms. The number of rotatable bonds is 3. The highest BCUT2D eigenvalue weighted by Crippen LogP contribution is 2.55. The largest absolute Gasteiger partial charge is 0.349 e. The van der Waals surface area contributed by atoms with Gasteiger partial charge in [0.25, 0.3) is 0 Å². The lowest BCUT2D eigenvalue weighted by molar-refractivity contribution is -0.137. The first-order valence-corrected chi connectivity index (χ1v) is 9.54. The second-order valence-corrected chi connectivity index (χ2v) is 7.72. The molecule has 0 saturated carbocycles. The number of para-hydroxylation sites is 1. The average Bonchev–Trinajstić information content (AvgIpc) is 3.39. The number of hydrogen-bond donors (Lipinski definition) is 2. The number of aromatic nitrogens is 2. The molecule has 2 aromatic rings. The predicted molar refractivity (Wildman–Crippen MR) is 99.6 cm³/mol. The third kappa shape index (κ3) is 2.21. The number of hydrogen-bond acceptors (Lipinski definition) is 4. The minimum Gasteiger partial charge on any atom is -0.349 e. The maximum atomic E-state index is 13.3. The molecule has 1 spiro atoms. The molecule has 2 saturated heterocycles. The van der Waals surface area contributed by atoms with Gasteiger partial charge in [0.05, 0.1) is 12.5 Å². The maximum absolute atomic E-state index is 13.3. The highest BCUT2D eigenvalue weighted by Gasteiger charge is 2.65. The molecule has 3 atom stereocenters. The van der Waals surface area contributed by atoms with Crippen LogP contribution in [0.1, 0.15) is 30.7 Å². The number of carbonyl (C=O) groups is 2. The van der Waals surface area contributed by atoms with Crippen molar-refractivity contribution in [3.63, 3.8) is 0 Å². The lowest BCUT2D eigenvalue weighted by Gasteiger charge is -2.36. The van der Waals surface area contributed by atoms with Crippen molar-refractivity contribution < 1.29 is 9.59 Å². The number of nitrogens with zero attached hydrogens (tertiary/aromatic N) is 3. The van der Waals surface area contributed by atoms with Gasteiger partial charge in [-0.15, -0.1) is 0 Å². The van der Waals surface area contributed by atoms with Crippen LogP contribution in [0.4, 0.5) is 5.69 Å². The second-order valence-electron chi connectivity index (χ2n) is 7.72. The summed E-state index contributed by atoms with van der Waals surface area (Å²) >= 11 is 0. The molecule has 3 aliphatic heterocycles. The topological polar surface area (TPSA) is 79.3 Å². The predicted octanol–water partition coefficient (Wildman–Crippen LogP) is 1.37. The van der Waals surface area contributed by atoms with E-state index in [2.05, 4.69) is 20.5 Å². The first kappa shape index (κ1) is 16.5. The van der Waals surface area contributed by atoms with Gasteiger partial charge in [0.15, 0.2) is 0 Å². The second kappa shape index (κ2) is 5.92. The van der Waals surface area contributed by atoms with Crippen LogP contribution in [-0.2, 0) is 28.7 Å². The number of nitrogens with one attached hydrogen (secondary N) is 2. The standard InChI is InChI=1S/C20H23N5O2/c1-24-10-8-21-17(24)12-22-18(26)15-11-13-5-4-9-25(13)20(15)14-6-2-3-7-16(14)23-19(20)27/h2-3,6-8,10,13,15H,4-5,9,11-12H2,1H3,(H,22,26)(H,23,27)/t13-,15-,20+/m1/s1. The summed E-state index contributed by atoms with van der Waals surface area (Å²) < 4.78 is 1.89. The number of aryl methyl sites for hydroxylation is 1. The summed E-state index contributed by atoms with van der Waals surface area (Å²) in [6.07, 6.45) is 6.41. The molecule has 2 N–H and O–H groups in total. The Balaban J connectivity index is 1.51. The zero-order valence-electron chi connectivity index (χ0n) is 15.3. The average molecular weight is 365 g/mol. The van der Waals surface area contributed by atoms with Crippen molar-refractivity contribution in [2.45, 2.75) is 37.4 Å². The van der Waals surface area contributed by atoms with Crippen molar-refractivity contribution >= 4 is 17.5 Å². The molecule has 0 radical (unpaired) electrons. The fourth-order valence-electron chi connectivity index (χ4n) is 5.24. The number of carbonyl (C=O) groups excluding carboxylic acids is 2. The fourth-order valence-corrected chi connectivity index (χ4v) is 5.24. The van der Waals surface area contributed by atoms with Crippen LogP contribution in [0, 0.1) is 5.92 Å². The van der Waals surface area contributed by atoms with Crippen molar-refractivity contribution in [1.82, 2.24) is 19.8 Å². The van der Waals surface area contributed by atoms with E-state index in [1.165, 1.54) is 0 Å². The van der Waals surface area contributed by atoms with Crippen LogP contribution >= 0.6 is 0 Å². The zero-order chi connectivity index (χ0) is 18.6. The molecule has 7 nitrogen and oxygen atoms in total. The Morgan fingerprint density at radius 3 is 3.07 bits per heavy atom. The third-order valence-electron chi connectivity index (χ3n) is 6.43. The summed E-state index contributed by atoms with van der Waals surface area (Å²) in [7, 11) is 1.91. The maximum Gasteiger partial charge on any atom is 0.250 e. The Morgan fingerprint density at radius 2 is 2.26 bits per heavy atom. The van der Waals surface area contributed by atoms with Crippen molar-refractivity contribution in [1.29, 1.82) is 0 Å². The molecule has 2 fully saturated rings. The number of amides is 2. The fraction of sp³-hybridized carbons (Fsp3) is 0.450. The smallest absolute Gasteiger partial charge is 0.250 e. The number of fused-ring (bicyclic) bond motifs is 4. The van der Waals surface area contributed by atoms with E-state index in [-0.39, 0.29) is 17.9 Å². The van der Waals surface area contributed by atoms with Gasteiger partial charge >= 0.3 is 0 Å². The molecule has 27 heavy (non-hydrogen) atoms. The minimum atomic E-state index is -0.885. The van der Waals surface area contributed by atoms with Crippen LogP contribution in [0.2, 0.25) is 0 Å². The van der Waals surface area contributed by atoms with Crippen LogP contribution in [0.25, 0.3) is 0 Å². The van der Waals surface area contributed by atoms with Crippen LogP contribution in [0.15, 0.2) is 36.7 Å². The SMILES string of the molecule is Cn1ccnc1CNC(=O)[C@H]1C[C@H]2CCCN2[C@]12C(=O)Nc1ccccc12.